The third kappa shape index (κ3) is 6.04. The minimum Gasteiger partial charge on any atom is -0.480 e. The quantitative estimate of drug-likeness (QED) is 0.738. The van der Waals surface area contributed by atoms with Crippen LogP contribution in [0.5, 0.6) is 0 Å². The van der Waals surface area contributed by atoms with E-state index in [1.165, 1.54) is 13.8 Å². The lowest BCUT2D eigenvalue weighted by atomic mass is 10.0. The van der Waals surface area contributed by atoms with Crippen molar-refractivity contribution in [3.8, 4) is 0 Å². The molecule has 0 aromatic heterocycles. The Kier molecular flexibility index (Phi) is 6.47. The van der Waals surface area contributed by atoms with Gasteiger partial charge in [-0.2, -0.15) is 13.2 Å². The van der Waals surface area contributed by atoms with Crippen LogP contribution >= 0.6 is 11.8 Å². The average molecular weight is 302 g/mol. The molecule has 0 aliphatic rings. The Balaban J connectivity index is 4.35. The number of carboxylic acids is 1. The summed E-state index contributed by atoms with van der Waals surface area (Å²) in [4.78, 5) is 23.8. The predicted molar refractivity (Wildman–Crippen MR) is 66.0 cm³/mol. The first-order valence-electron chi connectivity index (χ1n) is 5.52. The Hall–Kier alpha value is -1.12. The first-order chi connectivity index (χ1) is 8.52. The fourth-order valence-electron chi connectivity index (χ4n) is 1.33. The molecular formula is C10H17F3N2O3S. The number of halogens is 3. The van der Waals surface area contributed by atoms with Crippen LogP contribution in [0.4, 0.5) is 18.0 Å². The summed E-state index contributed by atoms with van der Waals surface area (Å²) in [5.74, 6) is -1.51. The number of aliphatic carboxylic acids is 1. The number of thioether (sulfide) groups is 1. The molecule has 0 aliphatic heterocycles. The van der Waals surface area contributed by atoms with E-state index in [0.29, 0.717) is 0 Å². The Labute approximate surface area is 113 Å². The molecule has 0 bridgehead atoms. The third-order valence-electron chi connectivity index (χ3n) is 2.40. The third-order valence-corrected chi connectivity index (χ3v) is 3.14. The van der Waals surface area contributed by atoms with Gasteiger partial charge in [-0.3, -0.25) is 0 Å². The molecule has 5 nitrogen and oxygen atoms in total. The van der Waals surface area contributed by atoms with Crippen LogP contribution in [0.1, 0.15) is 20.8 Å². The van der Waals surface area contributed by atoms with Crippen LogP contribution < -0.4 is 5.32 Å². The van der Waals surface area contributed by atoms with Gasteiger partial charge in [0, 0.05) is 18.8 Å². The van der Waals surface area contributed by atoms with Gasteiger partial charge in [0.25, 0.3) is 0 Å². The molecule has 0 aromatic rings. The Morgan fingerprint density at radius 2 is 1.84 bits per heavy atom. The number of carbonyl (C=O) groups excluding carboxylic acids is 1. The second-order valence-corrected chi connectivity index (χ2v) is 5.29. The highest BCUT2D eigenvalue weighted by Crippen LogP contribution is 2.29. The maximum atomic E-state index is 11.9. The fourth-order valence-corrected chi connectivity index (χ4v) is 1.76. The van der Waals surface area contributed by atoms with Crippen LogP contribution in [-0.2, 0) is 4.79 Å². The van der Waals surface area contributed by atoms with Crippen molar-refractivity contribution < 1.29 is 27.9 Å². The van der Waals surface area contributed by atoms with E-state index in [4.69, 9.17) is 5.11 Å². The molecule has 0 spiro atoms. The average Bonchev–Trinajstić information content (AvgIpc) is 2.23. The summed E-state index contributed by atoms with van der Waals surface area (Å²) in [5.41, 5.74) is -5.76. The van der Waals surface area contributed by atoms with Gasteiger partial charge in [-0.15, -0.1) is 0 Å². The normalized spacial score (nSPS) is 12.1. The minimum atomic E-state index is -4.34. The van der Waals surface area contributed by atoms with Crippen LogP contribution in [0.3, 0.4) is 0 Å². The summed E-state index contributed by atoms with van der Waals surface area (Å²) in [5, 5.41) is 11.3. The molecule has 0 unspecified atom stereocenters. The van der Waals surface area contributed by atoms with Crippen LogP contribution in [0.2, 0.25) is 0 Å². The van der Waals surface area contributed by atoms with E-state index in [-0.39, 0.29) is 30.6 Å². The van der Waals surface area contributed by atoms with E-state index in [9.17, 15) is 22.8 Å². The molecule has 2 N–H and O–H groups in total. The first-order valence-corrected chi connectivity index (χ1v) is 6.50. The topological polar surface area (TPSA) is 69.6 Å². The maximum Gasteiger partial charge on any atom is 0.441 e. The highest BCUT2D eigenvalue weighted by Gasteiger charge is 2.36. The number of hydrogen-bond acceptors (Lipinski definition) is 3. The molecule has 0 aliphatic carbocycles. The van der Waals surface area contributed by atoms with Crippen molar-refractivity contribution in [1.29, 1.82) is 0 Å². The van der Waals surface area contributed by atoms with E-state index in [1.54, 1.807) is 6.92 Å². The van der Waals surface area contributed by atoms with Gasteiger partial charge >= 0.3 is 17.5 Å². The molecule has 0 radical (unpaired) electrons. The van der Waals surface area contributed by atoms with Gasteiger partial charge < -0.3 is 15.3 Å². The number of likely N-dealkylation sites (N-methyl/N-ethyl adjacent to an activating group) is 1. The largest absolute Gasteiger partial charge is 0.480 e. The van der Waals surface area contributed by atoms with Gasteiger partial charge in [-0.05, 0) is 32.5 Å². The molecule has 19 heavy (non-hydrogen) atoms. The van der Waals surface area contributed by atoms with Crippen molar-refractivity contribution in [2.24, 2.45) is 0 Å². The van der Waals surface area contributed by atoms with Crippen molar-refractivity contribution >= 4 is 23.8 Å². The molecule has 0 heterocycles. The second kappa shape index (κ2) is 6.88. The number of nitrogens with zero attached hydrogens (tertiary/aromatic N) is 1. The Bertz CT molecular complexity index is 334. The number of rotatable bonds is 6. The monoisotopic (exact) mass is 302 g/mol. The van der Waals surface area contributed by atoms with E-state index in [0.717, 1.165) is 4.90 Å². The summed E-state index contributed by atoms with van der Waals surface area (Å²) >= 11 is -0.241. The zero-order valence-electron chi connectivity index (χ0n) is 10.9. The zero-order chi connectivity index (χ0) is 15.3. The Morgan fingerprint density at radius 1 is 1.32 bits per heavy atom. The van der Waals surface area contributed by atoms with Crippen LogP contribution in [0.15, 0.2) is 0 Å². The number of amides is 2. The van der Waals surface area contributed by atoms with E-state index in [2.05, 4.69) is 5.32 Å². The molecule has 0 atom stereocenters. The van der Waals surface area contributed by atoms with Gasteiger partial charge in [0.15, 0.2) is 0 Å². The zero-order valence-corrected chi connectivity index (χ0v) is 11.7. The minimum absolute atomic E-state index is 0.136. The van der Waals surface area contributed by atoms with Gasteiger partial charge in [-0.25, -0.2) is 9.59 Å². The van der Waals surface area contributed by atoms with Crippen molar-refractivity contribution in [1.82, 2.24) is 10.2 Å². The lowest BCUT2D eigenvalue weighted by molar-refractivity contribution is -0.147. The summed E-state index contributed by atoms with van der Waals surface area (Å²) in [6.07, 6.45) is 0. The maximum absolute atomic E-state index is 11.9. The number of carboxylic acid groups (broad SMARTS) is 1. The highest BCUT2D eigenvalue weighted by atomic mass is 32.2. The Morgan fingerprint density at radius 3 is 2.21 bits per heavy atom. The molecular weight excluding hydrogens is 285 g/mol. The molecule has 112 valence electrons. The molecule has 9 heteroatoms. The molecule has 0 rings (SSSR count). The molecule has 2 amide bonds. The number of carbonyl (C=O) groups is 2. The first kappa shape index (κ1) is 17.9. The van der Waals surface area contributed by atoms with E-state index >= 15 is 0 Å². The van der Waals surface area contributed by atoms with Crippen molar-refractivity contribution in [3.05, 3.63) is 0 Å². The fraction of sp³-hybridized carbons (Fsp3) is 0.800. The molecule has 0 fully saturated rings. The smallest absolute Gasteiger partial charge is 0.441 e. The van der Waals surface area contributed by atoms with Gasteiger partial charge in [0.2, 0.25) is 0 Å². The lowest BCUT2D eigenvalue weighted by Crippen LogP contribution is -2.56. The van der Waals surface area contributed by atoms with E-state index < -0.39 is 23.0 Å². The van der Waals surface area contributed by atoms with Crippen molar-refractivity contribution in [3.63, 3.8) is 0 Å². The second-order valence-electron chi connectivity index (χ2n) is 4.13. The molecule has 0 saturated heterocycles. The van der Waals surface area contributed by atoms with Gasteiger partial charge in [-0.1, -0.05) is 0 Å². The summed E-state index contributed by atoms with van der Waals surface area (Å²) in [6, 6.07) is -0.697. The van der Waals surface area contributed by atoms with Gasteiger partial charge in [0.1, 0.15) is 5.54 Å². The van der Waals surface area contributed by atoms with Crippen LogP contribution in [0.25, 0.3) is 0 Å². The highest BCUT2D eigenvalue weighted by molar-refractivity contribution is 8.00. The standard InChI is InChI=1S/C10H17F3N2O3S/c1-4-15(9(2,3)7(16)17)8(18)14-5-6-19-10(11,12)13/h4-6H2,1-3H3,(H,14,18)(H,16,17). The summed E-state index contributed by atoms with van der Waals surface area (Å²) in [7, 11) is 0. The number of urea groups is 1. The van der Waals surface area contributed by atoms with Crippen molar-refractivity contribution in [2.75, 3.05) is 18.8 Å². The van der Waals surface area contributed by atoms with Gasteiger partial charge in [0.05, 0.1) is 0 Å². The van der Waals surface area contributed by atoms with E-state index in [1.807, 2.05) is 0 Å². The van der Waals surface area contributed by atoms with Crippen LogP contribution in [0, 0.1) is 0 Å². The number of alkyl halides is 3. The SMILES string of the molecule is CCN(C(=O)NCCSC(F)(F)F)C(C)(C)C(=O)O. The predicted octanol–water partition coefficient (Wildman–Crippen LogP) is 2.13. The molecule has 0 aromatic carbocycles. The number of nitrogens with one attached hydrogen (secondary N) is 1. The van der Waals surface area contributed by atoms with Crippen molar-refractivity contribution in [2.45, 2.75) is 31.8 Å². The summed E-state index contributed by atoms with van der Waals surface area (Å²) in [6.45, 7) is 4.24. The number of hydrogen-bond donors (Lipinski definition) is 2. The summed E-state index contributed by atoms with van der Waals surface area (Å²) < 4.78 is 35.6. The van der Waals surface area contributed by atoms with Crippen LogP contribution in [-0.4, -0.2) is 51.9 Å². The molecule has 0 saturated carbocycles. The lowest BCUT2D eigenvalue weighted by Gasteiger charge is -2.34.